The van der Waals surface area contributed by atoms with Crippen molar-refractivity contribution in [3.05, 3.63) is 35.9 Å². The molecular weight excluding hydrogens is 230 g/mol. The van der Waals surface area contributed by atoms with Crippen LogP contribution in [0.1, 0.15) is 65.0 Å². The minimum absolute atomic E-state index is 0.470. The highest BCUT2D eigenvalue weighted by molar-refractivity contribution is 5.18. The highest BCUT2D eigenvalue weighted by Crippen LogP contribution is 2.38. The molecule has 0 radical (unpaired) electrons. The Kier molecular flexibility index (Phi) is 4.67. The number of hydrogen-bond acceptors (Lipinski definition) is 1. The van der Waals surface area contributed by atoms with Crippen molar-refractivity contribution in [1.29, 1.82) is 0 Å². The van der Waals surface area contributed by atoms with Crippen molar-refractivity contribution in [2.45, 2.75) is 65.5 Å². The Labute approximate surface area is 118 Å². The van der Waals surface area contributed by atoms with Crippen molar-refractivity contribution in [3.63, 3.8) is 0 Å². The standard InChI is InChI=1S/C18H29N/c1-14(15-8-6-5-7-9-15)19-17-12-10-16(11-13-17)18(2,3)4/h5-9,14,16-17,19H,10-13H2,1-4H3/t14?,16-,17+. The molecule has 106 valence electrons. The summed E-state index contributed by atoms with van der Waals surface area (Å²) in [5, 5.41) is 3.81. The van der Waals surface area contributed by atoms with E-state index < -0.39 is 0 Å². The molecule has 0 bridgehead atoms. The molecule has 1 atom stereocenters. The minimum atomic E-state index is 0.470. The van der Waals surface area contributed by atoms with Crippen LogP contribution >= 0.6 is 0 Å². The summed E-state index contributed by atoms with van der Waals surface area (Å²) in [7, 11) is 0. The van der Waals surface area contributed by atoms with Crippen LogP contribution in [0.25, 0.3) is 0 Å². The highest BCUT2D eigenvalue weighted by Gasteiger charge is 2.29. The van der Waals surface area contributed by atoms with Gasteiger partial charge in [-0.3, -0.25) is 0 Å². The topological polar surface area (TPSA) is 12.0 Å². The summed E-state index contributed by atoms with van der Waals surface area (Å²) in [5.41, 5.74) is 1.89. The van der Waals surface area contributed by atoms with Crippen LogP contribution in [0.4, 0.5) is 0 Å². The molecule has 0 aromatic heterocycles. The third kappa shape index (κ3) is 4.07. The van der Waals surface area contributed by atoms with Gasteiger partial charge in [-0.15, -0.1) is 0 Å². The van der Waals surface area contributed by atoms with Crippen LogP contribution in [-0.4, -0.2) is 6.04 Å². The molecule has 2 rings (SSSR count). The van der Waals surface area contributed by atoms with E-state index in [1.165, 1.54) is 31.2 Å². The van der Waals surface area contributed by atoms with E-state index in [-0.39, 0.29) is 0 Å². The first-order chi connectivity index (χ1) is 8.97. The average molecular weight is 259 g/mol. The molecule has 1 heteroatoms. The molecule has 1 unspecified atom stereocenters. The Hall–Kier alpha value is -0.820. The van der Waals surface area contributed by atoms with Crippen LogP contribution in [0.5, 0.6) is 0 Å². The summed E-state index contributed by atoms with van der Waals surface area (Å²) in [6, 6.07) is 12.0. The number of nitrogens with one attached hydrogen (secondary N) is 1. The third-order valence-corrected chi connectivity index (χ3v) is 4.74. The molecule has 0 spiro atoms. The summed E-state index contributed by atoms with van der Waals surface area (Å²) in [6.45, 7) is 9.44. The van der Waals surface area contributed by atoms with Gasteiger partial charge in [-0.05, 0) is 49.5 Å². The summed E-state index contributed by atoms with van der Waals surface area (Å²) < 4.78 is 0. The lowest BCUT2D eigenvalue weighted by Crippen LogP contribution is -2.37. The zero-order valence-electron chi connectivity index (χ0n) is 12.9. The van der Waals surface area contributed by atoms with Crippen molar-refractivity contribution >= 4 is 0 Å². The van der Waals surface area contributed by atoms with Gasteiger partial charge in [0.2, 0.25) is 0 Å². The minimum Gasteiger partial charge on any atom is -0.307 e. The van der Waals surface area contributed by atoms with Gasteiger partial charge in [-0.1, -0.05) is 51.1 Å². The Morgan fingerprint density at radius 3 is 2.11 bits per heavy atom. The van der Waals surface area contributed by atoms with Crippen molar-refractivity contribution < 1.29 is 0 Å². The molecule has 1 aromatic rings. The Bertz CT molecular complexity index is 368. The van der Waals surface area contributed by atoms with E-state index in [0.717, 1.165) is 5.92 Å². The quantitative estimate of drug-likeness (QED) is 0.810. The van der Waals surface area contributed by atoms with Gasteiger partial charge in [0.25, 0.3) is 0 Å². The first kappa shape index (κ1) is 14.6. The molecule has 19 heavy (non-hydrogen) atoms. The van der Waals surface area contributed by atoms with E-state index in [1.807, 2.05) is 0 Å². The van der Waals surface area contributed by atoms with Crippen molar-refractivity contribution in [1.82, 2.24) is 5.32 Å². The zero-order valence-corrected chi connectivity index (χ0v) is 12.9. The number of hydrogen-bond donors (Lipinski definition) is 1. The molecule has 1 aliphatic carbocycles. The molecule has 1 nitrogen and oxygen atoms in total. The van der Waals surface area contributed by atoms with Gasteiger partial charge in [0.15, 0.2) is 0 Å². The molecule has 0 saturated heterocycles. The van der Waals surface area contributed by atoms with Crippen molar-refractivity contribution in [3.8, 4) is 0 Å². The fourth-order valence-corrected chi connectivity index (χ4v) is 3.32. The van der Waals surface area contributed by atoms with Gasteiger partial charge < -0.3 is 5.32 Å². The lowest BCUT2D eigenvalue weighted by molar-refractivity contribution is 0.157. The monoisotopic (exact) mass is 259 g/mol. The molecule has 1 N–H and O–H groups in total. The van der Waals surface area contributed by atoms with Crippen LogP contribution in [0.15, 0.2) is 30.3 Å². The second kappa shape index (κ2) is 6.09. The zero-order chi connectivity index (χ0) is 13.9. The smallest absolute Gasteiger partial charge is 0.0294 e. The van der Waals surface area contributed by atoms with Gasteiger partial charge in [-0.25, -0.2) is 0 Å². The summed E-state index contributed by atoms with van der Waals surface area (Å²) in [5.74, 6) is 0.901. The normalized spacial score (nSPS) is 26.1. The lowest BCUT2D eigenvalue weighted by atomic mass is 9.71. The molecule has 0 aliphatic heterocycles. The Balaban J connectivity index is 1.83. The predicted octanol–water partition coefficient (Wildman–Crippen LogP) is 4.94. The van der Waals surface area contributed by atoms with E-state index in [1.54, 1.807) is 0 Å². The van der Waals surface area contributed by atoms with Crippen molar-refractivity contribution in [2.75, 3.05) is 0 Å². The molecule has 0 heterocycles. The van der Waals surface area contributed by atoms with E-state index in [2.05, 4.69) is 63.3 Å². The molecule has 1 aromatic carbocycles. The maximum absolute atomic E-state index is 3.81. The van der Waals surface area contributed by atoms with Crippen LogP contribution < -0.4 is 5.32 Å². The largest absolute Gasteiger partial charge is 0.307 e. The maximum Gasteiger partial charge on any atom is 0.0294 e. The second-order valence-electron chi connectivity index (χ2n) is 7.21. The summed E-state index contributed by atoms with van der Waals surface area (Å²) >= 11 is 0. The first-order valence-corrected chi connectivity index (χ1v) is 7.78. The summed E-state index contributed by atoms with van der Waals surface area (Å²) in [6.07, 6.45) is 5.42. The SMILES string of the molecule is CC(N[C@H]1CC[C@@H](C(C)(C)C)CC1)c1ccccc1. The fraction of sp³-hybridized carbons (Fsp3) is 0.667. The van der Waals surface area contributed by atoms with Gasteiger partial charge >= 0.3 is 0 Å². The second-order valence-corrected chi connectivity index (χ2v) is 7.21. The number of rotatable bonds is 3. The molecule has 1 saturated carbocycles. The highest BCUT2D eigenvalue weighted by atomic mass is 14.9. The third-order valence-electron chi connectivity index (χ3n) is 4.74. The fourth-order valence-electron chi connectivity index (χ4n) is 3.32. The number of benzene rings is 1. The molecular formula is C18H29N. The lowest BCUT2D eigenvalue weighted by Gasteiger charge is -2.38. The van der Waals surface area contributed by atoms with Crippen molar-refractivity contribution in [2.24, 2.45) is 11.3 Å². The Morgan fingerprint density at radius 2 is 1.58 bits per heavy atom. The van der Waals surface area contributed by atoms with Gasteiger partial charge in [0.05, 0.1) is 0 Å². The van der Waals surface area contributed by atoms with E-state index in [4.69, 9.17) is 0 Å². The van der Waals surface area contributed by atoms with Crippen LogP contribution in [0, 0.1) is 11.3 Å². The molecule has 0 amide bonds. The van der Waals surface area contributed by atoms with Gasteiger partial charge in [0.1, 0.15) is 0 Å². The first-order valence-electron chi connectivity index (χ1n) is 7.78. The molecule has 1 fully saturated rings. The summed E-state index contributed by atoms with van der Waals surface area (Å²) in [4.78, 5) is 0. The van der Waals surface area contributed by atoms with E-state index in [9.17, 15) is 0 Å². The predicted molar refractivity (Wildman–Crippen MR) is 83.2 cm³/mol. The van der Waals surface area contributed by atoms with Crippen LogP contribution in [-0.2, 0) is 0 Å². The Morgan fingerprint density at radius 1 is 1.00 bits per heavy atom. The van der Waals surface area contributed by atoms with Gasteiger partial charge in [-0.2, -0.15) is 0 Å². The molecule has 1 aliphatic rings. The van der Waals surface area contributed by atoms with Gasteiger partial charge in [0, 0.05) is 12.1 Å². The van der Waals surface area contributed by atoms with Crippen LogP contribution in [0.3, 0.4) is 0 Å². The maximum atomic E-state index is 3.81. The van der Waals surface area contributed by atoms with Crippen LogP contribution in [0.2, 0.25) is 0 Å². The van der Waals surface area contributed by atoms with E-state index >= 15 is 0 Å². The average Bonchev–Trinajstić information content (AvgIpc) is 2.39. The van der Waals surface area contributed by atoms with E-state index in [0.29, 0.717) is 17.5 Å².